The Morgan fingerprint density at radius 3 is 2.29 bits per heavy atom. The molecule has 7 heteroatoms. The Balaban J connectivity index is 2.16. The van der Waals surface area contributed by atoms with E-state index < -0.39 is 17.6 Å². The van der Waals surface area contributed by atoms with E-state index in [-0.39, 0.29) is 12.3 Å². The van der Waals surface area contributed by atoms with Crippen molar-refractivity contribution >= 4 is 11.6 Å². The second-order valence-electron chi connectivity index (χ2n) is 4.99. The zero-order chi connectivity index (χ0) is 17.7. The van der Waals surface area contributed by atoms with Crippen LogP contribution in [0.25, 0.3) is 0 Å². The third-order valence-electron chi connectivity index (χ3n) is 3.31. The van der Waals surface area contributed by atoms with Gasteiger partial charge in [-0.25, -0.2) is 0 Å². The number of alkyl halides is 3. The van der Waals surface area contributed by atoms with Crippen molar-refractivity contribution in [3.8, 4) is 5.75 Å². The number of carbonyl (C=O) groups excluding carboxylic acids is 1. The van der Waals surface area contributed by atoms with Crippen molar-refractivity contribution in [1.29, 1.82) is 0 Å². The number of hydrogen-bond acceptors (Lipinski definition) is 3. The van der Waals surface area contributed by atoms with Gasteiger partial charge in [-0.1, -0.05) is 0 Å². The minimum Gasteiger partial charge on any atom is -0.496 e. The molecule has 0 unspecified atom stereocenters. The molecule has 0 bridgehead atoms. The fraction of sp³-hybridized carbons (Fsp3) is 0.235. The maximum Gasteiger partial charge on any atom is 0.416 e. The van der Waals surface area contributed by atoms with E-state index in [0.717, 1.165) is 12.1 Å². The normalized spacial score (nSPS) is 11.2. The van der Waals surface area contributed by atoms with Gasteiger partial charge in [-0.15, -0.1) is 0 Å². The molecule has 0 aliphatic heterocycles. The molecule has 0 atom stereocenters. The molecule has 1 amide bonds. The van der Waals surface area contributed by atoms with Gasteiger partial charge in [0.05, 0.1) is 19.3 Å². The minimum atomic E-state index is -4.41. The molecule has 0 spiro atoms. The van der Waals surface area contributed by atoms with Gasteiger partial charge in [-0.05, 0) is 42.5 Å². The van der Waals surface area contributed by atoms with Gasteiger partial charge in [0.15, 0.2) is 0 Å². The maximum atomic E-state index is 12.5. The van der Waals surface area contributed by atoms with Crippen molar-refractivity contribution in [1.82, 2.24) is 0 Å². The molecule has 4 nitrogen and oxygen atoms in total. The first kappa shape index (κ1) is 17.8. The van der Waals surface area contributed by atoms with E-state index in [9.17, 15) is 18.0 Å². The average Bonchev–Trinajstić information content (AvgIpc) is 2.54. The van der Waals surface area contributed by atoms with Crippen LogP contribution in [0.15, 0.2) is 42.5 Å². The molecule has 0 aliphatic rings. The summed E-state index contributed by atoms with van der Waals surface area (Å²) in [6, 6.07) is 9.07. The number of hydrogen-bond donors (Lipinski definition) is 1. The second kappa shape index (κ2) is 7.35. The molecule has 2 aromatic carbocycles. The first-order chi connectivity index (χ1) is 11.3. The van der Waals surface area contributed by atoms with Crippen molar-refractivity contribution in [2.24, 2.45) is 0 Å². The summed E-state index contributed by atoms with van der Waals surface area (Å²) in [5.41, 5.74) is 0.548. The van der Waals surface area contributed by atoms with Crippen LogP contribution in [-0.2, 0) is 17.5 Å². The Kier molecular flexibility index (Phi) is 5.46. The zero-order valence-electron chi connectivity index (χ0n) is 13.1. The number of halogens is 3. The molecular weight excluding hydrogens is 323 g/mol. The fourth-order valence-corrected chi connectivity index (χ4v) is 2.13. The highest BCUT2D eigenvalue weighted by Crippen LogP contribution is 2.30. The summed E-state index contributed by atoms with van der Waals surface area (Å²) in [5, 5.41) is 2.56. The van der Waals surface area contributed by atoms with E-state index in [2.05, 4.69) is 5.32 Å². The number of nitrogens with one attached hydrogen (secondary N) is 1. The molecule has 0 heterocycles. The molecule has 24 heavy (non-hydrogen) atoms. The molecule has 0 radical (unpaired) electrons. The smallest absolute Gasteiger partial charge is 0.416 e. The van der Waals surface area contributed by atoms with Crippen LogP contribution < -0.4 is 10.1 Å². The monoisotopic (exact) mass is 339 g/mol. The predicted molar refractivity (Wildman–Crippen MR) is 83.1 cm³/mol. The van der Waals surface area contributed by atoms with Crippen molar-refractivity contribution in [2.45, 2.75) is 12.8 Å². The standard InChI is InChI=1S/C17H16F3NO3/c1-23-10-12-9-11(3-8-15(12)24-2)16(22)21-14-6-4-13(5-7-14)17(18,19)20/h3-9H,10H2,1-2H3,(H,21,22). The van der Waals surface area contributed by atoms with E-state index >= 15 is 0 Å². The fourth-order valence-electron chi connectivity index (χ4n) is 2.13. The van der Waals surface area contributed by atoms with Crippen LogP contribution in [0.2, 0.25) is 0 Å². The number of amides is 1. The van der Waals surface area contributed by atoms with Crippen molar-refractivity contribution < 1.29 is 27.4 Å². The molecule has 2 aromatic rings. The summed E-state index contributed by atoms with van der Waals surface area (Å²) in [4.78, 5) is 12.2. The second-order valence-corrected chi connectivity index (χ2v) is 4.99. The van der Waals surface area contributed by atoms with Crippen LogP contribution in [0.4, 0.5) is 18.9 Å². The lowest BCUT2D eigenvalue weighted by atomic mass is 10.1. The average molecular weight is 339 g/mol. The summed E-state index contributed by atoms with van der Waals surface area (Å²) < 4.78 is 47.8. The summed E-state index contributed by atoms with van der Waals surface area (Å²) in [5.74, 6) is 0.151. The summed E-state index contributed by atoms with van der Waals surface area (Å²) in [6.45, 7) is 0.268. The van der Waals surface area contributed by atoms with Gasteiger partial charge in [0.2, 0.25) is 0 Å². The lowest BCUT2D eigenvalue weighted by Crippen LogP contribution is -2.13. The van der Waals surface area contributed by atoms with E-state index in [1.54, 1.807) is 18.2 Å². The zero-order valence-corrected chi connectivity index (χ0v) is 13.1. The first-order valence-corrected chi connectivity index (χ1v) is 6.99. The third-order valence-corrected chi connectivity index (χ3v) is 3.31. The highest BCUT2D eigenvalue weighted by molar-refractivity contribution is 6.04. The van der Waals surface area contributed by atoms with Gasteiger partial charge in [0.1, 0.15) is 5.75 Å². The van der Waals surface area contributed by atoms with E-state index in [1.807, 2.05) is 0 Å². The summed E-state index contributed by atoms with van der Waals surface area (Å²) in [7, 11) is 3.03. The molecule has 1 N–H and O–H groups in total. The van der Waals surface area contributed by atoms with Gasteiger partial charge in [0, 0.05) is 23.9 Å². The predicted octanol–water partition coefficient (Wildman–Crippen LogP) is 4.11. The largest absolute Gasteiger partial charge is 0.496 e. The topological polar surface area (TPSA) is 47.6 Å². The van der Waals surface area contributed by atoms with Gasteiger partial charge >= 0.3 is 6.18 Å². The van der Waals surface area contributed by atoms with Gasteiger partial charge < -0.3 is 14.8 Å². The lowest BCUT2D eigenvalue weighted by molar-refractivity contribution is -0.137. The van der Waals surface area contributed by atoms with Crippen molar-refractivity contribution in [2.75, 3.05) is 19.5 Å². The van der Waals surface area contributed by atoms with Crippen molar-refractivity contribution in [3.05, 3.63) is 59.2 Å². The first-order valence-electron chi connectivity index (χ1n) is 6.99. The Morgan fingerprint density at radius 1 is 1.08 bits per heavy atom. The quantitative estimate of drug-likeness (QED) is 0.892. The molecular formula is C17H16F3NO3. The Morgan fingerprint density at radius 2 is 1.75 bits per heavy atom. The molecule has 0 fully saturated rings. The van der Waals surface area contributed by atoms with Gasteiger partial charge in [-0.3, -0.25) is 4.79 Å². The number of benzene rings is 2. The molecule has 0 aliphatic carbocycles. The minimum absolute atomic E-state index is 0.268. The van der Waals surface area contributed by atoms with E-state index in [4.69, 9.17) is 9.47 Å². The van der Waals surface area contributed by atoms with Gasteiger partial charge in [-0.2, -0.15) is 13.2 Å². The van der Waals surface area contributed by atoms with E-state index in [0.29, 0.717) is 16.9 Å². The summed E-state index contributed by atoms with van der Waals surface area (Å²) >= 11 is 0. The number of rotatable bonds is 5. The van der Waals surface area contributed by atoms with Crippen LogP contribution in [0.3, 0.4) is 0 Å². The van der Waals surface area contributed by atoms with Gasteiger partial charge in [0.25, 0.3) is 5.91 Å². The third kappa shape index (κ3) is 4.26. The van der Waals surface area contributed by atoms with Crippen LogP contribution in [0, 0.1) is 0 Å². The van der Waals surface area contributed by atoms with Crippen LogP contribution in [-0.4, -0.2) is 20.1 Å². The highest BCUT2D eigenvalue weighted by atomic mass is 19.4. The molecule has 128 valence electrons. The SMILES string of the molecule is COCc1cc(C(=O)Nc2ccc(C(F)(F)F)cc2)ccc1OC. The van der Waals surface area contributed by atoms with Crippen molar-refractivity contribution in [3.63, 3.8) is 0 Å². The Hall–Kier alpha value is -2.54. The lowest BCUT2D eigenvalue weighted by Gasteiger charge is -2.11. The maximum absolute atomic E-state index is 12.5. The number of methoxy groups -OCH3 is 2. The highest BCUT2D eigenvalue weighted by Gasteiger charge is 2.30. The van der Waals surface area contributed by atoms with Crippen LogP contribution in [0.5, 0.6) is 5.75 Å². The number of carbonyl (C=O) groups is 1. The molecule has 0 saturated heterocycles. The number of anilines is 1. The molecule has 0 aromatic heterocycles. The molecule has 0 saturated carbocycles. The Bertz CT molecular complexity index is 712. The van der Waals surface area contributed by atoms with Crippen LogP contribution >= 0.6 is 0 Å². The molecule has 2 rings (SSSR count). The summed E-state index contributed by atoms with van der Waals surface area (Å²) in [6.07, 6.45) is -4.41. The Labute approximate surface area is 137 Å². The van der Waals surface area contributed by atoms with Crippen LogP contribution in [0.1, 0.15) is 21.5 Å². The number of ether oxygens (including phenoxy) is 2. The van der Waals surface area contributed by atoms with E-state index in [1.165, 1.54) is 26.4 Å².